The molecule has 1 aliphatic carbocycles. The number of aryl methyl sites for hydroxylation is 1. The third-order valence-electron chi connectivity index (χ3n) is 3.13. The summed E-state index contributed by atoms with van der Waals surface area (Å²) in [5.74, 6) is -2.47. The minimum absolute atomic E-state index is 0.0141. The van der Waals surface area contributed by atoms with Crippen LogP contribution in [0, 0.1) is 0 Å². The van der Waals surface area contributed by atoms with Gasteiger partial charge in [-0.2, -0.15) is 0 Å². The first-order valence-corrected chi connectivity index (χ1v) is 5.77. The van der Waals surface area contributed by atoms with Crippen molar-refractivity contribution < 1.29 is 8.78 Å². The summed E-state index contributed by atoms with van der Waals surface area (Å²) >= 11 is 0. The first-order valence-electron chi connectivity index (χ1n) is 5.77. The molecule has 0 spiro atoms. The van der Waals surface area contributed by atoms with Gasteiger partial charge in [0.2, 0.25) is 5.92 Å². The Labute approximate surface area is 94.6 Å². The predicted molar refractivity (Wildman–Crippen MR) is 59.5 cm³/mol. The zero-order chi connectivity index (χ0) is 11.6. The number of nitrogens with one attached hydrogen (secondary N) is 1. The zero-order valence-corrected chi connectivity index (χ0v) is 9.55. The maximum Gasteiger partial charge on any atom is 0.249 e. The highest BCUT2D eigenvalue weighted by Crippen LogP contribution is 2.33. The van der Waals surface area contributed by atoms with Gasteiger partial charge in [0.15, 0.2) is 0 Å². The standard InChI is InChI=1S/C12H18F2N2/c1-16-6-4-10(9-16)8-15-11-3-2-5-12(13,14)7-11/h4,6,9,11,15H,2-3,5,7-8H2,1H3/t11-/m1/s1. The lowest BCUT2D eigenvalue weighted by Crippen LogP contribution is -2.38. The van der Waals surface area contributed by atoms with E-state index in [1.807, 2.05) is 30.1 Å². The SMILES string of the molecule is Cn1ccc(CN[C@@H]2CCCC(F)(F)C2)c1. The summed E-state index contributed by atoms with van der Waals surface area (Å²) in [6.07, 6.45) is 5.50. The molecule has 0 aliphatic heterocycles. The smallest absolute Gasteiger partial charge is 0.249 e. The van der Waals surface area contributed by atoms with E-state index in [0.29, 0.717) is 13.0 Å². The molecule has 0 amide bonds. The zero-order valence-electron chi connectivity index (χ0n) is 9.55. The van der Waals surface area contributed by atoms with Crippen LogP contribution in [0.1, 0.15) is 31.2 Å². The molecule has 16 heavy (non-hydrogen) atoms. The van der Waals surface area contributed by atoms with Crippen LogP contribution in [0.3, 0.4) is 0 Å². The summed E-state index contributed by atoms with van der Waals surface area (Å²) in [6, 6.07) is 1.97. The fourth-order valence-electron chi connectivity index (χ4n) is 2.27. The average Bonchev–Trinajstić information content (AvgIpc) is 2.60. The lowest BCUT2D eigenvalue weighted by Gasteiger charge is -2.29. The molecular formula is C12H18F2N2. The number of rotatable bonds is 3. The number of hydrogen-bond acceptors (Lipinski definition) is 1. The quantitative estimate of drug-likeness (QED) is 0.841. The number of alkyl halides is 2. The van der Waals surface area contributed by atoms with Gasteiger partial charge in [0, 0.05) is 44.9 Å². The summed E-state index contributed by atoms with van der Waals surface area (Å²) in [6.45, 7) is 0.682. The monoisotopic (exact) mass is 228 g/mol. The third kappa shape index (κ3) is 3.04. The Morgan fingerprint density at radius 1 is 1.56 bits per heavy atom. The van der Waals surface area contributed by atoms with Crippen LogP contribution in [0.4, 0.5) is 8.78 Å². The number of halogens is 2. The van der Waals surface area contributed by atoms with Gasteiger partial charge in [0.1, 0.15) is 0 Å². The first-order chi connectivity index (χ1) is 7.55. The Hall–Kier alpha value is -0.900. The van der Waals surface area contributed by atoms with Crippen molar-refractivity contribution >= 4 is 0 Å². The average molecular weight is 228 g/mol. The van der Waals surface area contributed by atoms with E-state index in [-0.39, 0.29) is 18.9 Å². The molecule has 1 heterocycles. The van der Waals surface area contributed by atoms with Crippen molar-refractivity contribution in [2.45, 2.75) is 44.2 Å². The molecule has 1 aliphatic rings. The van der Waals surface area contributed by atoms with Gasteiger partial charge in [-0.25, -0.2) is 8.78 Å². The van der Waals surface area contributed by atoms with E-state index in [1.165, 1.54) is 0 Å². The second-order valence-corrected chi connectivity index (χ2v) is 4.72. The second kappa shape index (κ2) is 4.53. The molecule has 0 saturated heterocycles. The minimum Gasteiger partial charge on any atom is -0.357 e. The van der Waals surface area contributed by atoms with Gasteiger partial charge in [0.25, 0.3) is 0 Å². The van der Waals surface area contributed by atoms with Crippen molar-refractivity contribution in [3.05, 3.63) is 24.0 Å². The van der Waals surface area contributed by atoms with Gasteiger partial charge >= 0.3 is 0 Å². The van der Waals surface area contributed by atoms with Crippen molar-refractivity contribution in [2.24, 2.45) is 7.05 Å². The van der Waals surface area contributed by atoms with Gasteiger partial charge in [-0.15, -0.1) is 0 Å². The van der Waals surface area contributed by atoms with Crippen molar-refractivity contribution in [1.29, 1.82) is 0 Å². The van der Waals surface area contributed by atoms with E-state index < -0.39 is 5.92 Å². The molecule has 0 bridgehead atoms. The fourth-order valence-corrected chi connectivity index (χ4v) is 2.27. The summed E-state index contributed by atoms with van der Waals surface area (Å²) in [5, 5.41) is 3.21. The highest BCUT2D eigenvalue weighted by Gasteiger charge is 2.35. The van der Waals surface area contributed by atoms with Gasteiger partial charge < -0.3 is 9.88 Å². The van der Waals surface area contributed by atoms with Crippen LogP contribution in [0.2, 0.25) is 0 Å². The van der Waals surface area contributed by atoms with Gasteiger partial charge in [-0.05, 0) is 24.5 Å². The summed E-state index contributed by atoms with van der Waals surface area (Å²) in [7, 11) is 1.96. The summed E-state index contributed by atoms with van der Waals surface area (Å²) < 4.78 is 28.2. The van der Waals surface area contributed by atoms with Gasteiger partial charge in [0.05, 0.1) is 0 Å². The number of aromatic nitrogens is 1. The van der Waals surface area contributed by atoms with E-state index >= 15 is 0 Å². The van der Waals surface area contributed by atoms with E-state index in [4.69, 9.17) is 0 Å². The van der Waals surface area contributed by atoms with E-state index in [0.717, 1.165) is 12.0 Å². The normalized spacial score (nSPS) is 24.6. The Kier molecular flexibility index (Phi) is 3.28. The molecule has 2 rings (SSSR count). The van der Waals surface area contributed by atoms with E-state index in [9.17, 15) is 8.78 Å². The second-order valence-electron chi connectivity index (χ2n) is 4.72. The first kappa shape index (κ1) is 11.6. The Morgan fingerprint density at radius 3 is 3.00 bits per heavy atom. The molecule has 1 fully saturated rings. The molecule has 1 aromatic rings. The molecule has 0 unspecified atom stereocenters. The fraction of sp³-hybridized carbons (Fsp3) is 0.667. The third-order valence-corrected chi connectivity index (χ3v) is 3.13. The molecule has 1 saturated carbocycles. The largest absolute Gasteiger partial charge is 0.357 e. The van der Waals surface area contributed by atoms with Crippen LogP contribution < -0.4 is 5.32 Å². The van der Waals surface area contributed by atoms with Crippen molar-refractivity contribution in [3.63, 3.8) is 0 Å². The van der Waals surface area contributed by atoms with Gasteiger partial charge in [-0.1, -0.05) is 0 Å². The highest BCUT2D eigenvalue weighted by molar-refractivity contribution is 5.09. The molecule has 2 nitrogen and oxygen atoms in total. The Bertz CT molecular complexity index is 347. The van der Waals surface area contributed by atoms with Crippen LogP contribution in [-0.4, -0.2) is 16.5 Å². The lowest BCUT2D eigenvalue weighted by atomic mass is 9.92. The minimum atomic E-state index is -2.47. The van der Waals surface area contributed by atoms with E-state index in [1.54, 1.807) is 0 Å². The molecule has 4 heteroatoms. The lowest BCUT2D eigenvalue weighted by molar-refractivity contribution is -0.0442. The Morgan fingerprint density at radius 2 is 2.38 bits per heavy atom. The molecule has 1 atom stereocenters. The molecule has 1 aromatic heterocycles. The van der Waals surface area contributed by atoms with Crippen LogP contribution in [-0.2, 0) is 13.6 Å². The Balaban J connectivity index is 1.82. The van der Waals surface area contributed by atoms with E-state index in [2.05, 4.69) is 5.32 Å². The molecule has 1 N–H and O–H groups in total. The summed E-state index contributed by atoms with van der Waals surface area (Å²) in [4.78, 5) is 0. The van der Waals surface area contributed by atoms with Gasteiger partial charge in [-0.3, -0.25) is 0 Å². The molecule has 0 radical (unpaired) electrons. The molecule has 0 aromatic carbocycles. The maximum absolute atomic E-state index is 13.1. The topological polar surface area (TPSA) is 17.0 Å². The maximum atomic E-state index is 13.1. The molecule has 90 valence electrons. The molecular weight excluding hydrogens is 210 g/mol. The van der Waals surface area contributed by atoms with Crippen LogP contribution in [0.15, 0.2) is 18.5 Å². The number of hydrogen-bond donors (Lipinski definition) is 1. The predicted octanol–water partition coefficient (Wildman–Crippen LogP) is 2.69. The van der Waals surface area contributed by atoms with Crippen LogP contribution in [0.25, 0.3) is 0 Å². The highest BCUT2D eigenvalue weighted by atomic mass is 19.3. The summed E-state index contributed by atoms with van der Waals surface area (Å²) in [5.41, 5.74) is 1.15. The van der Waals surface area contributed by atoms with Crippen molar-refractivity contribution in [3.8, 4) is 0 Å². The van der Waals surface area contributed by atoms with Crippen LogP contribution in [0.5, 0.6) is 0 Å². The van der Waals surface area contributed by atoms with Crippen LogP contribution >= 0.6 is 0 Å². The van der Waals surface area contributed by atoms with Crippen molar-refractivity contribution in [2.75, 3.05) is 0 Å². The number of nitrogens with zero attached hydrogens (tertiary/aromatic N) is 1. The van der Waals surface area contributed by atoms with Crippen molar-refractivity contribution in [1.82, 2.24) is 9.88 Å².